The minimum Gasteiger partial charge on any atom is -0.389 e. The predicted molar refractivity (Wildman–Crippen MR) is 69.6 cm³/mol. The monoisotopic (exact) mass is 253 g/mol. The van der Waals surface area contributed by atoms with E-state index in [1.807, 2.05) is 11.6 Å². The summed E-state index contributed by atoms with van der Waals surface area (Å²) in [6, 6.07) is 2.22. The molecule has 2 heterocycles. The Bertz CT molecular complexity index is 392. The van der Waals surface area contributed by atoms with Crippen LogP contribution in [-0.4, -0.2) is 58.2 Å². The van der Waals surface area contributed by atoms with Crippen molar-refractivity contribution in [3.63, 3.8) is 0 Å². The lowest BCUT2D eigenvalue weighted by molar-refractivity contribution is 0.0821. The summed E-state index contributed by atoms with van der Waals surface area (Å²) in [5.41, 5.74) is 2.24. The van der Waals surface area contributed by atoms with Crippen LogP contribution < -0.4 is 0 Å². The number of hydrogen-bond acceptors (Lipinski definition) is 4. The number of ether oxygens (including phenoxy) is 1. The molecule has 0 saturated carbocycles. The van der Waals surface area contributed by atoms with Gasteiger partial charge in [0.2, 0.25) is 0 Å². The highest BCUT2D eigenvalue weighted by molar-refractivity contribution is 5.06. The van der Waals surface area contributed by atoms with Crippen LogP contribution in [0, 0.1) is 13.8 Å². The van der Waals surface area contributed by atoms with Gasteiger partial charge in [0.15, 0.2) is 0 Å². The molecule has 1 aliphatic heterocycles. The van der Waals surface area contributed by atoms with Crippen LogP contribution in [0.1, 0.15) is 18.3 Å². The average molecular weight is 253 g/mol. The topological polar surface area (TPSA) is 50.5 Å². The molecule has 0 aromatic carbocycles. The van der Waals surface area contributed by atoms with E-state index in [4.69, 9.17) is 4.74 Å². The Morgan fingerprint density at radius 3 is 2.78 bits per heavy atom. The molecule has 1 saturated heterocycles. The molecule has 2 rings (SSSR count). The standard InChI is InChI=1S/C13H23N3O2/c1-4-15(12-8-18-9-13(12)17)5-6-16-11(3)7-10(2)14-16/h7,12-13,17H,4-6,8-9H2,1-3H3/t12-,13-/m1/s1. The predicted octanol–water partition coefficient (Wildman–Crippen LogP) is 0.582. The summed E-state index contributed by atoms with van der Waals surface area (Å²) in [7, 11) is 0. The van der Waals surface area contributed by atoms with E-state index in [1.54, 1.807) is 0 Å². The van der Waals surface area contributed by atoms with Gasteiger partial charge in [-0.1, -0.05) is 6.92 Å². The molecule has 1 fully saturated rings. The molecule has 0 amide bonds. The molecule has 0 bridgehead atoms. The molecular formula is C13H23N3O2. The van der Waals surface area contributed by atoms with Crippen molar-refractivity contribution in [2.45, 2.75) is 39.5 Å². The van der Waals surface area contributed by atoms with E-state index >= 15 is 0 Å². The number of likely N-dealkylation sites (N-methyl/N-ethyl adjacent to an activating group) is 1. The van der Waals surface area contributed by atoms with E-state index in [-0.39, 0.29) is 12.1 Å². The molecule has 0 unspecified atom stereocenters. The van der Waals surface area contributed by atoms with E-state index in [0.29, 0.717) is 13.2 Å². The summed E-state index contributed by atoms with van der Waals surface area (Å²) in [5.74, 6) is 0. The second-order valence-electron chi connectivity index (χ2n) is 4.95. The molecule has 5 heteroatoms. The van der Waals surface area contributed by atoms with Crippen molar-refractivity contribution >= 4 is 0 Å². The van der Waals surface area contributed by atoms with Gasteiger partial charge in [0.25, 0.3) is 0 Å². The van der Waals surface area contributed by atoms with Gasteiger partial charge in [0.05, 0.1) is 37.6 Å². The van der Waals surface area contributed by atoms with Crippen LogP contribution in [0.25, 0.3) is 0 Å². The normalized spacial score (nSPS) is 24.1. The highest BCUT2D eigenvalue weighted by Gasteiger charge is 2.30. The van der Waals surface area contributed by atoms with Crippen molar-refractivity contribution in [1.82, 2.24) is 14.7 Å². The lowest BCUT2D eigenvalue weighted by atomic mass is 10.2. The number of aromatic nitrogens is 2. The van der Waals surface area contributed by atoms with Crippen LogP contribution in [0.4, 0.5) is 0 Å². The van der Waals surface area contributed by atoms with E-state index in [2.05, 4.69) is 29.9 Å². The van der Waals surface area contributed by atoms with Crippen molar-refractivity contribution in [3.8, 4) is 0 Å². The van der Waals surface area contributed by atoms with Crippen LogP contribution in [0.15, 0.2) is 6.07 Å². The highest BCUT2D eigenvalue weighted by Crippen LogP contribution is 2.13. The molecule has 0 radical (unpaired) electrons. The second-order valence-corrected chi connectivity index (χ2v) is 4.95. The summed E-state index contributed by atoms with van der Waals surface area (Å²) in [5, 5.41) is 14.3. The molecule has 1 aromatic heterocycles. The Hall–Kier alpha value is -0.910. The third kappa shape index (κ3) is 2.91. The first-order valence-electron chi connectivity index (χ1n) is 6.62. The van der Waals surface area contributed by atoms with Crippen molar-refractivity contribution in [2.75, 3.05) is 26.3 Å². The maximum atomic E-state index is 9.86. The van der Waals surface area contributed by atoms with Gasteiger partial charge >= 0.3 is 0 Å². The van der Waals surface area contributed by atoms with E-state index < -0.39 is 0 Å². The molecular weight excluding hydrogens is 230 g/mol. The SMILES string of the molecule is CCN(CCn1nc(C)cc1C)[C@@H]1COC[C@H]1O. The molecule has 2 atom stereocenters. The second kappa shape index (κ2) is 5.82. The average Bonchev–Trinajstić information content (AvgIpc) is 2.87. The smallest absolute Gasteiger partial charge is 0.0950 e. The van der Waals surface area contributed by atoms with Crippen molar-refractivity contribution in [2.24, 2.45) is 0 Å². The number of aryl methyl sites for hydroxylation is 2. The zero-order chi connectivity index (χ0) is 13.1. The molecule has 18 heavy (non-hydrogen) atoms. The first-order valence-corrected chi connectivity index (χ1v) is 6.62. The highest BCUT2D eigenvalue weighted by atomic mass is 16.5. The quantitative estimate of drug-likeness (QED) is 0.834. The maximum Gasteiger partial charge on any atom is 0.0950 e. The Morgan fingerprint density at radius 1 is 1.50 bits per heavy atom. The van der Waals surface area contributed by atoms with Gasteiger partial charge in [0, 0.05) is 12.2 Å². The Balaban J connectivity index is 1.93. The van der Waals surface area contributed by atoms with E-state index in [1.165, 1.54) is 5.69 Å². The first-order chi connectivity index (χ1) is 8.61. The van der Waals surface area contributed by atoms with Crippen LogP contribution in [0.5, 0.6) is 0 Å². The minimum absolute atomic E-state index is 0.131. The lowest BCUT2D eigenvalue weighted by Crippen LogP contribution is -2.44. The largest absolute Gasteiger partial charge is 0.389 e. The zero-order valence-corrected chi connectivity index (χ0v) is 11.5. The lowest BCUT2D eigenvalue weighted by Gasteiger charge is -2.28. The fourth-order valence-corrected chi connectivity index (χ4v) is 2.56. The number of hydrogen-bond donors (Lipinski definition) is 1. The van der Waals surface area contributed by atoms with Crippen molar-refractivity contribution < 1.29 is 9.84 Å². The molecule has 5 nitrogen and oxygen atoms in total. The number of aliphatic hydroxyl groups is 1. The maximum absolute atomic E-state index is 9.86. The van der Waals surface area contributed by atoms with E-state index in [0.717, 1.165) is 25.3 Å². The van der Waals surface area contributed by atoms with Crippen LogP contribution in [0.2, 0.25) is 0 Å². The van der Waals surface area contributed by atoms with Gasteiger partial charge in [-0.15, -0.1) is 0 Å². The fourth-order valence-electron chi connectivity index (χ4n) is 2.56. The van der Waals surface area contributed by atoms with Gasteiger partial charge in [-0.2, -0.15) is 5.10 Å². The zero-order valence-electron chi connectivity index (χ0n) is 11.5. The third-order valence-electron chi connectivity index (χ3n) is 3.60. The van der Waals surface area contributed by atoms with Crippen molar-refractivity contribution in [3.05, 3.63) is 17.5 Å². The Morgan fingerprint density at radius 2 is 2.28 bits per heavy atom. The molecule has 1 aromatic rings. The molecule has 1 N–H and O–H groups in total. The number of rotatable bonds is 5. The van der Waals surface area contributed by atoms with Gasteiger partial charge in [-0.25, -0.2) is 0 Å². The summed E-state index contributed by atoms with van der Waals surface area (Å²) in [6.07, 6.45) is -0.356. The Kier molecular flexibility index (Phi) is 4.37. The van der Waals surface area contributed by atoms with Crippen LogP contribution in [0.3, 0.4) is 0 Å². The molecule has 0 spiro atoms. The van der Waals surface area contributed by atoms with Gasteiger partial charge < -0.3 is 9.84 Å². The number of nitrogens with zero attached hydrogens (tertiary/aromatic N) is 3. The fraction of sp³-hybridized carbons (Fsp3) is 0.769. The minimum atomic E-state index is -0.356. The first kappa shape index (κ1) is 13.5. The summed E-state index contributed by atoms with van der Waals surface area (Å²) >= 11 is 0. The summed E-state index contributed by atoms with van der Waals surface area (Å²) in [4.78, 5) is 2.27. The number of aliphatic hydroxyl groups excluding tert-OH is 1. The molecule has 0 aliphatic carbocycles. The molecule has 1 aliphatic rings. The summed E-state index contributed by atoms with van der Waals surface area (Å²) < 4.78 is 7.35. The van der Waals surface area contributed by atoms with Gasteiger partial charge in [-0.3, -0.25) is 9.58 Å². The van der Waals surface area contributed by atoms with Gasteiger partial charge in [0.1, 0.15) is 0 Å². The van der Waals surface area contributed by atoms with E-state index in [9.17, 15) is 5.11 Å². The Labute approximate surface area is 108 Å². The summed E-state index contributed by atoms with van der Waals surface area (Å²) in [6.45, 7) is 9.96. The van der Waals surface area contributed by atoms with Crippen LogP contribution >= 0.6 is 0 Å². The third-order valence-corrected chi connectivity index (χ3v) is 3.60. The van der Waals surface area contributed by atoms with Crippen LogP contribution in [-0.2, 0) is 11.3 Å². The van der Waals surface area contributed by atoms with Crippen molar-refractivity contribution in [1.29, 1.82) is 0 Å². The molecule has 102 valence electrons. The van der Waals surface area contributed by atoms with Gasteiger partial charge in [-0.05, 0) is 26.5 Å².